The van der Waals surface area contributed by atoms with E-state index < -0.39 is 0 Å². The highest BCUT2D eigenvalue weighted by atomic mass is 32.1. The molecule has 0 aliphatic carbocycles. The van der Waals surface area contributed by atoms with Gasteiger partial charge in [-0.2, -0.15) is 0 Å². The Kier molecular flexibility index (Phi) is 4.78. The van der Waals surface area contributed by atoms with Crippen LogP contribution in [0.2, 0.25) is 0 Å². The Morgan fingerprint density at radius 1 is 1.26 bits per heavy atom. The van der Waals surface area contributed by atoms with Crippen molar-refractivity contribution in [2.75, 3.05) is 19.5 Å². The second-order valence-corrected chi connectivity index (χ2v) is 7.37. The minimum absolute atomic E-state index is 0.112. The zero-order chi connectivity index (χ0) is 18.8. The molecule has 0 unspecified atom stereocenters. The van der Waals surface area contributed by atoms with Crippen LogP contribution in [0.25, 0.3) is 16.2 Å². The van der Waals surface area contributed by atoms with Crippen molar-refractivity contribution in [1.82, 2.24) is 14.4 Å². The van der Waals surface area contributed by atoms with E-state index in [0.717, 1.165) is 27.7 Å². The highest BCUT2D eigenvalue weighted by molar-refractivity contribution is 7.15. The minimum atomic E-state index is -0.112. The third-order valence-corrected chi connectivity index (χ3v) is 5.56. The summed E-state index contributed by atoms with van der Waals surface area (Å²) in [6, 6.07) is 5.58. The molecule has 3 aromatic heterocycles. The van der Waals surface area contributed by atoms with Crippen LogP contribution >= 0.6 is 22.7 Å². The molecule has 138 valence electrons. The average molecular weight is 400 g/mol. The molecule has 4 aromatic rings. The maximum atomic E-state index is 12.3. The molecule has 1 amide bonds. The molecule has 27 heavy (non-hydrogen) atoms. The number of benzene rings is 1. The van der Waals surface area contributed by atoms with Crippen molar-refractivity contribution >= 4 is 38.7 Å². The Morgan fingerprint density at radius 2 is 2.15 bits per heavy atom. The van der Waals surface area contributed by atoms with Gasteiger partial charge in [-0.3, -0.25) is 9.20 Å². The fourth-order valence-electron chi connectivity index (χ4n) is 2.71. The molecule has 0 saturated heterocycles. The number of hydrogen-bond acceptors (Lipinski definition) is 7. The van der Waals surface area contributed by atoms with Crippen LogP contribution in [0, 0.1) is 0 Å². The van der Waals surface area contributed by atoms with Crippen LogP contribution in [0.5, 0.6) is 11.5 Å². The molecule has 1 N–H and O–H groups in total. The predicted molar refractivity (Wildman–Crippen MR) is 106 cm³/mol. The number of carbonyl (C=O) groups is 1. The molecule has 1 aromatic carbocycles. The maximum Gasteiger partial charge on any atom is 0.232 e. The first-order valence-corrected chi connectivity index (χ1v) is 9.81. The Bertz CT molecular complexity index is 1090. The first-order valence-electron chi connectivity index (χ1n) is 8.05. The number of fused-ring (bicyclic) bond motifs is 1. The van der Waals surface area contributed by atoms with Crippen molar-refractivity contribution < 1.29 is 14.3 Å². The first-order chi connectivity index (χ1) is 13.2. The number of hydrogen-bond donors (Lipinski definition) is 1. The zero-order valence-corrected chi connectivity index (χ0v) is 16.3. The number of amides is 1. The van der Waals surface area contributed by atoms with E-state index in [2.05, 4.69) is 15.3 Å². The molecule has 0 saturated carbocycles. The van der Waals surface area contributed by atoms with Crippen molar-refractivity contribution in [1.29, 1.82) is 0 Å². The topological polar surface area (TPSA) is 77.8 Å². The first kappa shape index (κ1) is 17.5. The summed E-state index contributed by atoms with van der Waals surface area (Å²) in [5.74, 6) is 1.33. The van der Waals surface area contributed by atoms with Gasteiger partial charge in [-0.25, -0.2) is 9.97 Å². The molecular formula is C18H16N4O3S2. The highest BCUT2D eigenvalue weighted by Crippen LogP contribution is 2.34. The van der Waals surface area contributed by atoms with E-state index >= 15 is 0 Å². The molecule has 9 heteroatoms. The normalized spacial score (nSPS) is 10.9. The molecule has 0 spiro atoms. The number of methoxy groups -OCH3 is 2. The summed E-state index contributed by atoms with van der Waals surface area (Å²) in [6.07, 6.45) is 3.81. The zero-order valence-electron chi connectivity index (χ0n) is 14.6. The van der Waals surface area contributed by atoms with E-state index in [0.29, 0.717) is 10.9 Å². The van der Waals surface area contributed by atoms with Gasteiger partial charge in [0, 0.05) is 34.4 Å². The molecule has 7 nitrogen and oxygen atoms in total. The van der Waals surface area contributed by atoms with Gasteiger partial charge in [0.05, 0.1) is 26.3 Å². The van der Waals surface area contributed by atoms with Gasteiger partial charge >= 0.3 is 0 Å². The smallest absolute Gasteiger partial charge is 0.232 e. The van der Waals surface area contributed by atoms with E-state index in [9.17, 15) is 4.79 Å². The number of anilines is 1. The van der Waals surface area contributed by atoms with Gasteiger partial charge in [0.25, 0.3) is 0 Å². The van der Waals surface area contributed by atoms with E-state index in [1.807, 2.05) is 39.6 Å². The Morgan fingerprint density at radius 3 is 2.89 bits per heavy atom. The summed E-state index contributed by atoms with van der Waals surface area (Å²) in [4.78, 5) is 21.8. The lowest BCUT2D eigenvalue weighted by Crippen LogP contribution is -2.15. The number of nitrogens with one attached hydrogen (secondary N) is 1. The van der Waals surface area contributed by atoms with Gasteiger partial charge in [-0.15, -0.1) is 22.7 Å². The number of ether oxygens (including phenoxy) is 2. The third kappa shape index (κ3) is 3.51. The quantitative estimate of drug-likeness (QED) is 0.534. The number of rotatable bonds is 6. The van der Waals surface area contributed by atoms with Gasteiger partial charge in [-0.1, -0.05) is 0 Å². The monoisotopic (exact) mass is 400 g/mol. The summed E-state index contributed by atoms with van der Waals surface area (Å²) < 4.78 is 12.7. The highest BCUT2D eigenvalue weighted by Gasteiger charge is 2.16. The van der Waals surface area contributed by atoms with Gasteiger partial charge in [0.1, 0.15) is 11.5 Å². The van der Waals surface area contributed by atoms with Crippen LogP contribution < -0.4 is 14.8 Å². The lowest BCUT2D eigenvalue weighted by atomic mass is 10.1. The summed E-state index contributed by atoms with van der Waals surface area (Å²) in [5.41, 5.74) is 2.47. The molecule has 0 radical (unpaired) electrons. The Hall–Kier alpha value is -2.91. The van der Waals surface area contributed by atoms with Crippen LogP contribution in [0.1, 0.15) is 5.69 Å². The van der Waals surface area contributed by atoms with E-state index in [1.165, 1.54) is 22.7 Å². The molecule has 0 fully saturated rings. The van der Waals surface area contributed by atoms with Crippen LogP contribution in [0.15, 0.2) is 41.4 Å². The second kappa shape index (κ2) is 7.37. The van der Waals surface area contributed by atoms with Crippen molar-refractivity contribution in [3.05, 3.63) is 47.0 Å². The summed E-state index contributed by atoms with van der Waals surface area (Å²) >= 11 is 2.88. The van der Waals surface area contributed by atoms with Crippen LogP contribution in [-0.4, -0.2) is 34.5 Å². The molecule has 4 rings (SSSR count). The number of imidazole rings is 1. The van der Waals surface area contributed by atoms with Crippen LogP contribution in [-0.2, 0) is 11.2 Å². The standard InChI is InChI=1S/C18H16N4O3S2/c1-24-12-3-4-15(25-2)13(8-12)14-9-22-11(10-27-18(22)20-14)7-16(23)21-17-19-5-6-26-17/h3-6,8-10H,7H2,1-2H3,(H,19,21,23). The van der Waals surface area contributed by atoms with Crippen LogP contribution in [0.3, 0.4) is 0 Å². The summed E-state index contributed by atoms with van der Waals surface area (Å²) in [6.45, 7) is 0. The molecule has 0 aliphatic heterocycles. The van der Waals surface area contributed by atoms with E-state index in [4.69, 9.17) is 9.47 Å². The number of thiazole rings is 2. The SMILES string of the molecule is COc1ccc(OC)c(-c2cn3c(CC(=O)Nc4nccs4)csc3n2)c1. The van der Waals surface area contributed by atoms with E-state index in [1.54, 1.807) is 20.4 Å². The number of carbonyl (C=O) groups excluding carboxylic acids is 1. The molecule has 0 aliphatic rings. The molecule has 0 atom stereocenters. The van der Waals surface area contributed by atoms with Crippen molar-refractivity contribution in [2.24, 2.45) is 0 Å². The minimum Gasteiger partial charge on any atom is -0.497 e. The largest absolute Gasteiger partial charge is 0.497 e. The second-order valence-electron chi connectivity index (χ2n) is 5.63. The van der Waals surface area contributed by atoms with E-state index in [-0.39, 0.29) is 12.3 Å². The van der Waals surface area contributed by atoms with Crippen molar-refractivity contribution in [3.63, 3.8) is 0 Å². The van der Waals surface area contributed by atoms with Crippen molar-refractivity contribution in [2.45, 2.75) is 6.42 Å². The number of nitrogens with zero attached hydrogens (tertiary/aromatic N) is 3. The number of aromatic nitrogens is 3. The fourth-order valence-corrected chi connectivity index (χ4v) is 4.13. The third-order valence-electron chi connectivity index (χ3n) is 3.99. The Labute approximate surface area is 163 Å². The lowest BCUT2D eigenvalue weighted by Gasteiger charge is -2.08. The summed E-state index contributed by atoms with van der Waals surface area (Å²) in [5, 5.41) is 7.16. The average Bonchev–Trinajstić information content (AvgIpc) is 3.40. The van der Waals surface area contributed by atoms with Gasteiger partial charge < -0.3 is 14.8 Å². The molecule has 0 bridgehead atoms. The Balaban J connectivity index is 1.63. The summed E-state index contributed by atoms with van der Waals surface area (Å²) in [7, 11) is 3.24. The fraction of sp³-hybridized carbons (Fsp3) is 0.167. The van der Waals surface area contributed by atoms with Gasteiger partial charge in [-0.05, 0) is 18.2 Å². The maximum absolute atomic E-state index is 12.3. The van der Waals surface area contributed by atoms with Crippen LogP contribution in [0.4, 0.5) is 5.13 Å². The predicted octanol–water partition coefficient (Wildman–Crippen LogP) is 3.72. The molecular weight excluding hydrogens is 384 g/mol. The lowest BCUT2D eigenvalue weighted by molar-refractivity contribution is -0.115. The van der Waals surface area contributed by atoms with Gasteiger partial charge in [0.15, 0.2) is 10.1 Å². The molecule has 3 heterocycles. The van der Waals surface area contributed by atoms with Crippen molar-refractivity contribution in [3.8, 4) is 22.8 Å². The van der Waals surface area contributed by atoms with Gasteiger partial charge in [0.2, 0.25) is 5.91 Å².